The molecule has 0 bridgehead atoms. The summed E-state index contributed by atoms with van der Waals surface area (Å²) < 4.78 is 15.5. The average molecular weight is 369 g/mol. The van der Waals surface area contributed by atoms with Crippen LogP contribution in [0.15, 0.2) is 28.8 Å². The Morgan fingerprint density at radius 3 is 2.93 bits per heavy atom. The van der Waals surface area contributed by atoms with E-state index >= 15 is 0 Å². The number of H-pyrrole nitrogens is 1. The summed E-state index contributed by atoms with van der Waals surface area (Å²) in [6, 6.07) is 7.80. The summed E-state index contributed by atoms with van der Waals surface area (Å²) >= 11 is 0. The average Bonchev–Trinajstić information content (AvgIpc) is 3.29. The predicted octanol–water partition coefficient (Wildman–Crippen LogP) is 1.68. The van der Waals surface area contributed by atoms with Crippen molar-refractivity contribution in [3.63, 3.8) is 0 Å². The number of aromatic amines is 1. The molecule has 0 aliphatic carbocycles. The van der Waals surface area contributed by atoms with Crippen LogP contribution in [0.25, 0.3) is 11.6 Å². The molecule has 0 fully saturated rings. The van der Waals surface area contributed by atoms with Crippen molar-refractivity contribution in [1.82, 2.24) is 25.4 Å². The number of para-hydroxylation sites is 1. The number of amides is 1. The molecule has 0 saturated carbocycles. The first kappa shape index (κ1) is 17.2. The Hall–Kier alpha value is -3.20. The highest BCUT2D eigenvalue weighted by atomic mass is 16.5. The lowest BCUT2D eigenvalue weighted by molar-refractivity contribution is 0.0950. The molecule has 140 valence electrons. The molecule has 1 atom stereocenters. The van der Waals surface area contributed by atoms with Gasteiger partial charge in [0.05, 0.1) is 7.11 Å². The van der Waals surface area contributed by atoms with Gasteiger partial charge in [0.2, 0.25) is 5.82 Å². The van der Waals surface area contributed by atoms with E-state index in [4.69, 9.17) is 14.0 Å². The molecule has 9 nitrogen and oxygen atoms in total. The second kappa shape index (κ2) is 7.20. The van der Waals surface area contributed by atoms with E-state index in [0.717, 1.165) is 17.0 Å². The van der Waals surface area contributed by atoms with E-state index in [1.165, 1.54) is 0 Å². The lowest BCUT2D eigenvalue weighted by atomic mass is 9.93. The number of aromatic nitrogens is 4. The quantitative estimate of drug-likeness (QED) is 0.703. The summed E-state index contributed by atoms with van der Waals surface area (Å²) in [5.41, 5.74) is 2.11. The van der Waals surface area contributed by atoms with Crippen LogP contribution in [0.2, 0.25) is 0 Å². The Balaban J connectivity index is 1.66. The normalized spacial score (nSPS) is 16.5. The van der Waals surface area contributed by atoms with Crippen molar-refractivity contribution >= 4 is 5.91 Å². The Bertz CT molecular complexity index is 964. The van der Waals surface area contributed by atoms with Gasteiger partial charge < -0.3 is 24.3 Å². The zero-order chi connectivity index (χ0) is 18.8. The van der Waals surface area contributed by atoms with Crippen molar-refractivity contribution in [3.8, 4) is 17.4 Å². The van der Waals surface area contributed by atoms with E-state index in [0.29, 0.717) is 30.4 Å². The van der Waals surface area contributed by atoms with Gasteiger partial charge >= 0.3 is 0 Å². The lowest BCUT2D eigenvalue weighted by Gasteiger charge is -2.17. The van der Waals surface area contributed by atoms with Crippen molar-refractivity contribution in [2.75, 3.05) is 20.8 Å². The van der Waals surface area contributed by atoms with Crippen molar-refractivity contribution in [2.45, 2.75) is 18.9 Å². The Kier molecular flexibility index (Phi) is 4.59. The zero-order valence-corrected chi connectivity index (χ0v) is 15.0. The van der Waals surface area contributed by atoms with Crippen LogP contribution >= 0.6 is 0 Å². The number of hydrogen-bond acceptors (Lipinski definition) is 7. The maximum absolute atomic E-state index is 12.5. The number of benzene rings is 1. The SMILES string of the molecule is COCc1nc(-c2nc3c([nH]2)C[C@@H](c2ccccc2OC)CNC3=O)no1. The van der Waals surface area contributed by atoms with E-state index < -0.39 is 0 Å². The highest BCUT2D eigenvalue weighted by Crippen LogP contribution is 2.31. The summed E-state index contributed by atoms with van der Waals surface area (Å²) in [7, 11) is 3.18. The van der Waals surface area contributed by atoms with Crippen molar-refractivity contribution < 1.29 is 18.8 Å². The van der Waals surface area contributed by atoms with Crippen LogP contribution in [-0.4, -0.2) is 46.8 Å². The van der Waals surface area contributed by atoms with Crippen molar-refractivity contribution in [2.24, 2.45) is 0 Å². The van der Waals surface area contributed by atoms with Crippen LogP contribution in [0, 0.1) is 0 Å². The largest absolute Gasteiger partial charge is 0.496 e. The molecule has 1 aromatic carbocycles. The van der Waals surface area contributed by atoms with Gasteiger partial charge in [-0.05, 0) is 18.1 Å². The second-order valence-corrected chi connectivity index (χ2v) is 6.21. The van der Waals surface area contributed by atoms with E-state index in [-0.39, 0.29) is 24.3 Å². The summed E-state index contributed by atoms with van der Waals surface area (Å²) in [6.45, 7) is 0.711. The van der Waals surface area contributed by atoms with Crippen LogP contribution in [0.3, 0.4) is 0 Å². The Morgan fingerprint density at radius 1 is 1.26 bits per heavy atom. The molecule has 3 heterocycles. The minimum absolute atomic E-state index is 0.0500. The molecular weight excluding hydrogens is 350 g/mol. The first-order valence-electron chi connectivity index (χ1n) is 8.51. The molecule has 1 aliphatic heterocycles. The first-order valence-corrected chi connectivity index (χ1v) is 8.51. The van der Waals surface area contributed by atoms with Gasteiger partial charge in [0.25, 0.3) is 11.8 Å². The first-order chi connectivity index (χ1) is 13.2. The number of ether oxygens (including phenoxy) is 2. The molecule has 0 radical (unpaired) electrons. The fourth-order valence-corrected chi connectivity index (χ4v) is 3.23. The predicted molar refractivity (Wildman–Crippen MR) is 94.4 cm³/mol. The lowest BCUT2D eigenvalue weighted by Crippen LogP contribution is -2.26. The van der Waals surface area contributed by atoms with Gasteiger partial charge in [-0.2, -0.15) is 4.98 Å². The van der Waals surface area contributed by atoms with Crippen LogP contribution in [-0.2, 0) is 17.8 Å². The second-order valence-electron chi connectivity index (χ2n) is 6.21. The summed E-state index contributed by atoms with van der Waals surface area (Å²) in [5.74, 6) is 1.64. The van der Waals surface area contributed by atoms with E-state index in [2.05, 4.69) is 25.4 Å². The molecule has 3 aromatic rings. The van der Waals surface area contributed by atoms with Gasteiger partial charge in [-0.25, -0.2) is 4.98 Å². The number of methoxy groups -OCH3 is 2. The Morgan fingerprint density at radius 2 is 2.11 bits per heavy atom. The van der Waals surface area contributed by atoms with E-state index in [9.17, 15) is 4.79 Å². The van der Waals surface area contributed by atoms with Crippen LogP contribution in [0.5, 0.6) is 5.75 Å². The van der Waals surface area contributed by atoms with Crippen LogP contribution < -0.4 is 10.1 Å². The van der Waals surface area contributed by atoms with Gasteiger partial charge in [-0.1, -0.05) is 23.4 Å². The number of carbonyl (C=O) groups is 1. The molecule has 2 aromatic heterocycles. The van der Waals surface area contributed by atoms with Crippen LogP contribution in [0.4, 0.5) is 0 Å². The molecule has 9 heteroatoms. The molecular formula is C18H19N5O4. The third kappa shape index (κ3) is 3.28. The number of nitrogens with zero attached hydrogens (tertiary/aromatic N) is 3. The molecule has 0 spiro atoms. The third-order valence-corrected chi connectivity index (χ3v) is 4.48. The van der Waals surface area contributed by atoms with Crippen molar-refractivity contribution in [3.05, 3.63) is 47.1 Å². The van der Waals surface area contributed by atoms with Gasteiger partial charge in [0.1, 0.15) is 18.1 Å². The number of nitrogens with one attached hydrogen (secondary N) is 2. The number of fused-ring (bicyclic) bond motifs is 1. The van der Waals surface area contributed by atoms with Gasteiger partial charge in [-0.3, -0.25) is 4.79 Å². The van der Waals surface area contributed by atoms with Gasteiger partial charge in [0.15, 0.2) is 5.82 Å². The molecule has 1 aliphatic rings. The summed E-state index contributed by atoms with van der Waals surface area (Å²) in [6.07, 6.45) is 0.601. The molecule has 0 unspecified atom stereocenters. The maximum Gasteiger partial charge on any atom is 0.271 e. The number of rotatable bonds is 5. The topological polar surface area (TPSA) is 115 Å². The number of imidazole rings is 1. The fraction of sp³-hybridized carbons (Fsp3) is 0.333. The fourth-order valence-electron chi connectivity index (χ4n) is 3.23. The highest BCUT2D eigenvalue weighted by Gasteiger charge is 2.28. The third-order valence-electron chi connectivity index (χ3n) is 4.48. The van der Waals surface area contributed by atoms with Crippen LogP contribution in [0.1, 0.15) is 33.6 Å². The molecule has 1 amide bonds. The summed E-state index contributed by atoms with van der Waals surface area (Å²) in [4.78, 5) is 24.3. The molecule has 4 rings (SSSR count). The smallest absolute Gasteiger partial charge is 0.271 e. The van der Waals surface area contributed by atoms with E-state index in [1.807, 2.05) is 24.3 Å². The number of carbonyl (C=O) groups excluding carboxylic acids is 1. The highest BCUT2D eigenvalue weighted by molar-refractivity contribution is 5.94. The monoisotopic (exact) mass is 369 g/mol. The van der Waals surface area contributed by atoms with Crippen molar-refractivity contribution in [1.29, 1.82) is 0 Å². The van der Waals surface area contributed by atoms with E-state index in [1.54, 1.807) is 14.2 Å². The maximum atomic E-state index is 12.5. The van der Waals surface area contributed by atoms with Gasteiger partial charge in [0, 0.05) is 25.3 Å². The zero-order valence-electron chi connectivity index (χ0n) is 15.0. The molecule has 0 saturated heterocycles. The van der Waals surface area contributed by atoms with Gasteiger partial charge in [-0.15, -0.1) is 0 Å². The molecule has 2 N–H and O–H groups in total. The molecule has 27 heavy (non-hydrogen) atoms. The standard InChI is InChI=1S/C18H19N5O4/c1-25-9-14-21-17(23-27-14)16-20-12-7-10(8-19-18(24)15(12)22-16)11-5-3-4-6-13(11)26-2/h3-6,10H,7-9H2,1-2H3,(H,19,24)(H,20,22)/t10-/m1/s1. The number of hydrogen-bond donors (Lipinski definition) is 2. The Labute approximate surface area is 155 Å². The minimum atomic E-state index is -0.231. The summed E-state index contributed by atoms with van der Waals surface area (Å²) in [5, 5.41) is 6.82. The minimum Gasteiger partial charge on any atom is -0.496 e.